The SMILES string of the molecule is CC(C)C[C@@H](CC(=O)N[C@H]1CNC[C@@H]1C(=O)N[C@H](CC(=O)N[C@H]1CNC[C@@H]1C(=O)N[C@H](CC(=O)N[C@H]1CCC[C@@H]1C(=O)N[C@H]1CNC[C@@H]1C(N)=O)CC(C)C)CC(C)C)NC(=O)C[C@H](Cc1ccccc1)NC(=O)[C@H]1CNC[C@@H]1NC(=O)C[C@H](Cc1ccccc1)NC(=O)[C@H]1CCC[C@@H]1NC(=O)[C@H]1CCC[C@@H]1N. The number of amides is 12. The standard InChI is InChI=1S/C79H123N17O12/c1-44(2)26-49(86-68(97)34-52(29-47-16-9-7-10-17-47)90-79(108)60-39-85-43-67(60)94-72(101)35-53(30-48-18-11-8-12-19-48)89-75(104)56-22-15-25-63(56)95-74(103)54-20-13-23-61(54)80)31-70(99)92-65-41-83-37-58(65)78(107)88-51(28-46(5)6)33-71(100)93-66-42-84-38-59(66)77(106)87-50(27-45(3)4)32-69(98)91-62-24-14-21-55(62)76(105)96-64-40-82-36-57(64)73(81)102/h7-12,16-19,44-46,49-67,82-85H,13-15,20-43,80H2,1-6H3,(H2,81,102)(H,86,97)(H,87,106)(H,88,107)(H,89,104)(H,90,108)(H,91,98)(H,92,99)(H,93,100)(H,94,101)(H,95,103)(H,96,105)/t49-,50-,51-,52-,53-,54-,55-,56-,57-,58-,59-,60-,61-,62-,63-,64-,65-,66-,67-/m0/s1. The molecule has 9 rings (SSSR count). The molecular weight excluding hydrogens is 1380 g/mol. The largest absolute Gasteiger partial charge is 0.369 e. The number of benzene rings is 2. The quantitative estimate of drug-likeness (QED) is 0.0420. The minimum absolute atomic E-state index is 0.0136. The lowest BCUT2D eigenvalue weighted by Gasteiger charge is -2.28. The van der Waals surface area contributed by atoms with E-state index in [1.165, 1.54) is 0 Å². The summed E-state index contributed by atoms with van der Waals surface area (Å²) in [7, 11) is 0. The van der Waals surface area contributed by atoms with Gasteiger partial charge >= 0.3 is 0 Å². The van der Waals surface area contributed by atoms with E-state index >= 15 is 0 Å². The van der Waals surface area contributed by atoms with Crippen molar-refractivity contribution in [3.05, 3.63) is 71.8 Å². The molecule has 4 aliphatic heterocycles. The lowest BCUT2D eigenvalue weighted by atomic mass is 9.96. The zero-order valence-corrected chi connectivity index (χ0v) is 64.1. The van der Waals surface area contributed by atoms with Crippen molar-refractivity contribution in [3.8, 4) is 0 Å². The molecule has 4 heterocycles. The molecule has 19 atom stereocenters. The second kappa shape index (κ2) is 41.1. The zero-order chi connectivity index (χ0) is 77.6. The Bertz CT molecular complexity index is 3390. The van der Waals surface area contributed by atoms with Crippen LogP contribution in [-0.2, 0) is 70.4 Å². The molecule has 0 unspecified atom stereocenters. The van der Waals surface area contributed by atoms with Crippen LogP contribution in [0.2, 0.25) is 0 Å². The van der Waals surface area contributed by atoms with E-state index in [1.54, 1.807) is 0 Å². The number of rotatable bonds is 38. The molecule has 108 heavy (non-hydrogen) atoms. The average Bonchev–Trinajstić information content (AvgIpc) is 1.69. The molecule has 19 N–H and O–H groups in total. The Labute approximate surface area is 636 Å². The number of hydrogen-bond acceptors (Lipinski definition) is 17. The fourth-order valence-corrected chi connectivity index (χ4v) is 17.4. The van der Waals surface area contributed by atoms with E-state index in [-0.39, 0.29) is 152 Å². The van der Waals surface area contributed by atoms with Gasteiger partial charge in [0, 0.05) is 133 Å². The Morgan fingerprint density at radius 1 is 0.333 bits per heavy atom. The number of nitrogens with one attached hydrogen (secondary N) is 15. The Hall–Kier alpha value is -8.12. The van der Waals surface area contributed by atoms with Crippen molar-refractivity contribution in [2.24, 2.45) is 70.6 Å². The minimum Gasteiger partial charge on any atom is -0.369 e. The third kappa shape index (κ3) is 25.5. The molecule has 4 saturated heterocycles. The summed E-state index contributed by atoms with van der Waals surface area (Å²) in [5.74, 6) is -7.31. The van der Waals surface area contributed by atoms with E-state index < -0.39 is 102 Å². The lowest BCUT2D eigenvalue weighted by molar-refractivity contribution is -0.131. The molecule has 12 amide bonds. The average molecular weight is 1500 g/mol. The molecule has 3 saturated carbocycles. The van der Waals surface area contributed by atoms with E-state index in [2.05, 4.69) is 79.8 Å². The predicted molar refractivity (Wildman–Crippen MR) is 408 cm³/mol. The van der Waals surface area contributed by atoms with Crippen LogP contribution in [-0.4, -0.2) is 196 Å². The van der Waals surface area contributed by atoms with Gasteiger partial charge in [0.05, 0.1) is 65.6 Å². The highest BCUT2D eigenvalue weighted by atomic mass is 16.2. The first-order chi connectivity index (χ1) is 51.7. The second-order valence-corrected chi connectivity index (χ2v) is 33.0. The third-order valence-corrected chi connectivity index (χ3v) is 22.7. The molecule has 29 heteroatoms. The topological polar surface area (TPSA) is 437 Å². The maximum Gasteiger partial charge on any atom is 0.226 e. The van der Waals surface area contributed by atoms with Gasteiger partial charge in [-0.05, 0) is 99.5 Å². The molecule has 2 aromatic carbocycles. The Morgan fingerprint density at radius 3 is 1.04 bits per heavy atom. The van der Waals surface area contributed by atoms with Crippen LogP contribution in [0.1, 0.15) is 162 Å². The van der Waals surface area contributed by atoms with E-state index in [1.807, 2.05) is 102 Å². The summed E-state index contributed by atoms with van der Waals surface area (Å²) in [5.41, 5.74) is 13.6. The molecular formula is C79H123N17O12. The van der Waals surface area contributed by atoms with Gasteiger partial charge in [-0.2, -0.15) is 0 Å². The monoisotopic (exact) mass is 1500 g/mol. The highest BCUT2D eigenvalue weighted by Gasteiger charge is 2.44. The highest BCUT2D eigenvalue weighted by molar-refractivity contribution is 5.89. The van der Waals surface area contributed by atoms with E-state index in [4.69, 9.17) is 11.5 Å². The highest BCUT2D eigenvalue weighted by Crippen LogP contribution is 2.31. The van der Waals surface area contributed by atoms with Crippen molar-refractivity contribution in [2.75, 3.05) is 52.4 Å². The fraction of sp³-hybridized carbons (Fsp3) is 0.696. The summed E-state index contributed by atoms with van der Waals surface area (Å²) in [4.78, 5) is 166. The molecule has 7 fully saturated rings. The van der Waals surface area contributed by atoms with E-state index in [0.29, 0.717) is 90.5 Å². The summed E-state index contributed by atoms with van der Waals surface area (Å²) in [6.07, 6.45) is 8.15. The number of carbonyl (C=O) groups is 12. The van der Waals surface area contributed by atoms with Gasteiger partial charge in [0.25, 0.3) is 0 Å². The Kier molecular flexibility index (Phi) is 31.9. The Balaban J connectivity index is 0.747. The summed E-state index contributed by atoms with van der Waals surface area (Å²) >= 11 is 0. The van der Waals surface area contributed by atoms with Gasteiger partial charge in [-0.15, -0.1) is 0 Å². The zero-order valence-electron chi connectivity index (χ0n) is 64.1. The van der Waals surface area contributed by atoms with Crippen molar-refractivity contribution < 1.29 is 57.5 Å². The molecule has 0 spiro atoms. The first kappa shape index (κ1) is 83.9. The first-order valence-electron chi connectivity index (χ1n) is 40.0. The smallest absolute Gasteiger partial charge is 0.226 e. The lowest BCUT2D eigenvalue weighted by Crippen LogP contribution is -2.52. The van der Waals surface area contributed by atoms with Crippen LogP contribution in [0.25, 0.3) is 0 Å². The van der Waals surface area contributed by atoms with Crippen molar-refractivity contribution in [1.82, 2.24) is 79.8 Å². The molecule has 7 aliphatic rings. The van der Waals surface area contributed by atoms with Crippen LogP contribution in [0, 0.1) is 59.2 Å². The molecule has 3 aliphatic carbocycles. The van der Waals surface area contributed by atoms with Gasteiger partial charge in [-0.3, -0.25) is 57.5 Å². The molecule has 0 radical (unpaired) electrons. The Morgan fingerprint density at radius 2 is 0.639 bits per heavy atom. The molecule has 596 valence electrons. The van der Waals surface area contributed by atoms with Gasteiger partial charge in [0.15, 0.2) is 0 Å². The molecule has 0 aromatic heterocycles. The predicted octanol–water partition coefficient (Wildman–Crippen LogP) is -0.0161. The third-order valence-electron chi connectivity index (χ3n) is 22.7. The normalized spacial score (nSPS) is 27.4. The summed E-state index contributed by atoms with van der Waals surface area (Å²) < 4.78 is 0. The van der Waals surface area contributed by atoms with Crippen LogP contribution in [0.3, 0.4) is 0 Å². The molecule has 0 bridgehead atoms. The first-order valence-corrected chi connectivity index (χ1v) is 40.0. The summed E-state index contributed by atoms with van der Waals surface area (Å²) in [5, 5.41) is 46.8. The van der Waals surface area contributed by atoms with Crippen LogP contribution < -0.4 is 91.2 Å². The minimum atomic E-state index is -0.702. The van der Waals surface area contributed by atoms with Crippen LogP contribution in [0.15, 0.2) is 60.7 Å². The van der Waals surface area contributed by atoms with Crippen molar-refractivity contribution in [3.63, 3.8) is 0 Å². The van der Waals surface area contributed by atoms with Gasteiger partial charge in [-0.25, -0.2) is 0 Å². The van der Waals surface area contributed by atoms with Crippen LogP contribution in [0.4, 0.5) is 0 Å². The second-order valence-electron chi connectivity index (χ2n) is 33.0. The number of carbonyl (C=O) groups excluding carboxylic acids is 12. The number of nitrogens with two attached hydrogens (primary N) is 2. The van der Waals surface area contributed by atoms with Gasteiger partial charge < -0.3 is 91.2 Å². The summed E-state index contributed by atoms with van der Waals surface area (Å²) in [6, 6.07) is 12.9. The van der Waals surface area contributed by atoms with Gasteiger partial charge in [0.2, 0.25) is 70.9 Å². The van der Waals surface area contributed by atoms with Crippen molar-refractivity contribution in [2.45, 2.75) is 236 Å². The molecule has 2 aromatic rings. The summed E-state index contributed by atoms with van der Waals surface area (Å²) in [6.45, 7) is 14.5. The maximum absolute atomic E-state index is 14.5. The molecule has 29 nitrogen and oxygen atoms in total. The van der Waals surface area contributed by atoms with Gasteiger partial charge in [-0.1, -0.05) is 121 Å². The van der Waals surface area contributed by atoms with E-state index in [0.717, 1.165) is 43.2 Å². The van der Waals surface area contributed by atoms with Crippen molar-refractivity contribution in [1.29, 1.82) is 0 Å². The number of hydrogen-bond donors (Lipinski definition) is 17. The van der Waals surface area contributed by atoms with E-state index in [9.17, 15) is 57.5 Å². The van der Waals surface area contributed by atoms with Gasteiger partial charge in [0.1, 0.15) is 0 Å². The fourth-order valence-electron chi connectivity index (χ4n) is 17.4. The maximum atomic E-state index is 14.5. The van der Waals surface area contributed by atoms with Crippen molar-refractivity contribution >= 4 is 70.9 Å². The number of primary amides is 1. The van der Waals surface area contributed by atoms with Crippen LogP contribution in [0.5, 0.6) is 0 Å². The van der Waals surface area contributed by atoms with Crippen LogP contribution >= 0.6 is 0 Å².